The fourth-order valence-corrected chi connectivity index (χ4v) is 4.51. The molecule has 0 heterocycles. The second-order valence-corrected chi connectivity index (χ2v) is 9.24. The number of aliphatic hydroxyl groups is 1. The summed E-state index contributed by atoms with van der Waals surface area (Å²) in [6.45, 7) is 1.24. The predicted octanol–water partition coefficient (Wildman–Crippen LogP) is 3.35. The van der Waals surface area contributed by atoms with Crippen molar-refractivity contribution in [3.8, 4) is 5.75 Å². The number of rotatable bonds is 6. The number of aromatic hydroxyl groups is 1. The van der Waals surface area contributed by atoms with E-state index in [-0.39, 0.29) is 11.3 Å². The molecule has 4 N–H and O–H groups in total. The molecule has 3 aromatic carbocycles. The lowest BCUT2D eigenvalue weighted by Crippen LogP contribution is -2.36. The monoisotopic (exact) mass is 448 g/mol. The molecule has 0 saturated carbocycles. The van der Waals surface area contributed by atoms with Crippen molar-refractivity contribution in [3.05, 3.63) is 95.1 Å². The molecule has 0 bridgehead atoms. The van der Waals surface area contributed by atoms with Crippen LogP contribution in [0.15, 0.2) is 66.7 Å². The van der Waals surface area contributed by atoms with Gasteiger partial charge in [0.15, 0.2) is 0 Å². The summed E-state index contributed by atoms with van der Waals surface area (Å²) in [5.74, 6) is -1.57. The first kappa shape index (κ1) is 22.7. The molecule has 6 nitrogen and oxygen atoms in total. The normalized spacial score (nSPS) is 13.8. The number of para-hydroxylation sites is 1. The Balaban J connectivity index is 2.32. The number of benzene rings is 3. The Labute approximate surface area is 179 Å². The number of hydrogen-bond acceptors (Lipinski definition) is 5. The molecule has 0 aliphatic carbocycles. The van der Waals surface area contributed by atoms with Crippen LogP contribution in [0.5, 0.6) is 5.75 Å². The maximum absolute atomic E-state index is 13.5. The van der Waals surface area contributed by atoms with Gasteiger partial charge in [-0.15, -0.1) is 0 Å². The van der Waals surface area contributed by atoms with E-state index in [4.69, 9.17) is 5.73 Å². The van der Waals surface area contributed by atoms with E-state index in [0.717, 1.165) is 10.6 Å². The number of hydrogen-bond donors (Lipinski definition) is 3. The number of nitrogens with zero attached hydrogens (tertiary/aromatic N) is 1. The summed E-state index contributed by atoms with van der Waals surface area (Å²) < 4.78 is 53.9. The van der Waals surface area contributed by atoms with Gasteiger partial charge in [-0.3, -0.25) is 10.0 Å². The van der Waals surface area contributed by atoms with Gasteiger partial charge in [-0.25, -0.2) is 17.2 Å². The minimum atomic E-state index is -4.06. The molecule has 3 rings (SSSR count). The molecule has 3 aromatic rings. The van der Waals surface area contributed by atoms with Crippen LogP contribution in [0.1, 0.15) is 29.7 Å². The molecule has 1 unspecified atom stereocenters. The first-order valence-electron chi connectivity index (χ1n) is 9.23. The highest BCUT2D eigenvalue weighted by Crippen LogP contribution is 2.42. The molecule has 0 aliphatic rings. The summed E-state index contributed by atoms with van der Waals surface area (Å²) in [5, 5.41) is 21.0. The molecular formula is C22H22F2N2O4S. The Morgan fingerprint density at radius 3 is 1.77 bits per heavy atom. The fraction of sp³-hybridized carbons (Fsp3) is 0.182. The minimum Gasteiger partial charge on any atom is -0.505 e. The second-order valence-electron chi connectivity index (χ2n) is 7.39. The topological polar surface area (TPSA) is 104 Å². The van der Waals surface area contributed by atoms with Crippen molar-refractivity contribution in [2.24, 2.45) is 5.73 Å². The van der Waals surface area contributed by atoms with Crippen LogP contribution >= 0.6 is 0 Å². The van der Waals surface area contributed by atoms with Crippen molar-refractivity contribution in [2.45, 2.75) is 18.7 Å². The molecule has 164 valence electrons. The molecule has 31 heavy (non-hydrogen) atoms. The molecule has 0 aromatic heterocycles. The smallest absolute Gasteiger partial charge is 0.233 e. The predicted molar refractivity (Wildman–Crippen MR) is 114 cm³/mol. The first-order valence-corrected chi connectivity index (χ1v) is 11.1. The van der Waals surface area contributed by atoms with Crippen molar-refractivity contribution in [1.29, 1.82) is 0 Å². The Morgan fingerprint density at radius 2 is 1.39 bits per heavy atom. The lowest BCUT2D eigenvalue weighted by molar-refractivity contribution is 0.0622. The third-order valence-electron chi connectivity index (χ3n) is 4.76. The van der Waals surface area contributed by atoms with Crippen molar-refractivity contribution in [1.82, 2.24) is 0 Å². The van der Waals surface area contributed by atoms with Crippen LogP contribution in [-0.2, 0) is 15.7 Å². The molecule has 0 aliphatic heterocycles. The standard InChI is InChI=1S/C22H22F2N2O4S/c1-22(25,28)18-4-3-5-19(21(18)27)26(31(2,29)30)20(14-6-10-16(23)11-7-14)15-8-12-17(24)13-9-15/h3-13,20,27-28H,25H2,1-2H3. The van der Waals surface area contributed by atoms with Crippen LogP contribution < -0.4 is 10.0 Å². The van der Waals surface area contributed by atoms with Crippen LogP contribution in [0, 0.1) is 11.6 Å². The molecule has 0 saturated heterocycles. The van der Waals surface area contributed by atoms with Gasteiger partial charge in [0.25, 0.3) is 0 Å². The van der Waals surface area contributed by atoms with E-state index < -0.39 is 39.2 Å². The van der Waals surface area contributed by atoms with Crippen LogP contribution in [0.2, 0.25) is 0 Å². The summed E-state index contributed by atoms with van der Waals surface area (Å²) in [6.07, 6.45) is 0.944. The highest BCUT2D eigenvalue weighted by Gasteiger charge is 2.34. The number of halogens is 2. The lowest BCUT2D eigenvalue weighted by Gasteiger charge is -2.34. The van der Waals surface area contributed by atoms with Gasteiger partial charge in [-0.2, -0.15) is 0 Å². The molecular weight excluding hydrogens is 426 g/mol. The summed E-state index contributed by atoms with van der Waals surface area (Å²) in [7, 11) is -4.06. The number of nitrogens with two attached hydrogens (primary N) is 1. The zero-order valence-corrected chi connectivity index (χ0v) is 17.6. The number of anilines is 1. The number of phenols is 1. The SMILES string of the molecule is CC(N)(O)c1cccc(N(C(c2ccc(F)cc2)c2ccc(F)cc2)S(C)(=O)=O)c1O. The van der Waals surface area contributed by atoms with Crippen molar-refractivity contribution >= 4 is 15.7 Å². The average molecular weight is 448 g/mol. The summed E-state index contributed by atoms with van der Waals surface area (Å²) in [5.41, 5.74) is 4.29. The Hall–Kier alpha value is -3.01. The van der Waals surface area contributed by atoms with E-state index in [1.165, 1.54) is 73.7 Å². The van der Waals surface area contributed by atoms with Gasteiger partial charge in [0.1, 0.15) is 23.1 Å². The van der Waals surface area contributed by atoms with Gasteiger partial charge < -0.3 is 10.2 Å². The highest BCUT2D eigenvalue weighted by atomic mass is 32.2. The van der Waals surface area contributed by atoms with E-state index in [0.29, 0.717) is 11.1 Å². The van der Waals surface area contributed by atoms with Crippen molar-refractivity contribution in [3.63, 3.8) is 0 Å². The van der Waals surface area contributed by atoms with E-state index >= 15 is 0 Å². The Kier molecular flexibility index (Phi) is 6.04. The first-order chi connectivity index (χ1) is 14.4. The van der Waals surface area contributed by atoms with Crippen molar-refractivity contribution in [2.75, 3.05) is 10.6 Å². The van der Waals surface area contributed by atoms with Gasteiger partial charge >= 0.3 is 0 Å². The van der Waals surface area contributed by atoms with E-state index in [2.05, 4.69) is 0 Å². The zero-order valence-electron chi connectivity index (χ0n) is 16.8. The Morgan fingerprint density at radius 1 is 0.935 bits per heavy atom. The van der Waals surface area contributed by atoms with Gasteiger partial charge in [-0.05, 0) is 48.4 Å². The highest BCUT2D eigenvalue weighted by molar-refractivity contribution is 7.92. The number of phenolic OH excluding ortho intramolecular Hbond substituents is 1. The van der Waals surface area contributed by atoms with Crippen LogP contribution in [0.3, 0.4) is 0 Å². The molecule has 0 radical (unpaired) electrons. The summed E-state index contributed by atoms with van der Waals surface area (Å²) >= 11 is 0. The Bertz CT molecular complexity index is 1130. The van der Waals surface area contributed by atoms with Gasteiger partial charge in [0.2, 0.25) is 10.0 Å². The maximum Gasteiger partial charge on any atom is 0.233 e. The largest absolute Gasteiger partial charge is 0.505 e. The summed E-state index contributed by atoms with van der Waals surface area (Å²) in [6, 6.07) is 13.4. The number of sulfonamides is 1. The maximum atomic E-state index is 13.5. The van der Waals surface area contributed by atoms with E-state index in [1.807, 2.05) is 0 Å². The van der Waals surface area contributed by atoms with Gasteiger partial charge in [-0.1, -0.05) is 36.4 Å². The van der Waals surface area contributed by atoms with Crippen LogP contribution in [0.25, 0.3) is 0 Å². The van der Waals surface area contributed by atoms with Crippen molar-refractivity contribution < 1.29 is 27.4 Å². The molecule has 1 atom stereocenters. The minimum absolute atomic E-state index is 0.0874. The third-order valence-corrected chi connectivity index (χ3v) is 5.88. The molecule has 0 fully saturated rings. The van der Waals surface area contributed by atoms with Crippen LogP contribution in [-0.4, -0.2) is 24.9 Å². The second kappa shape index (κ2) is 8.26. The van der Waals surface area contributed by atoms with E-state index in [9.17, 15) is 27.4 Å². The quantitative estimate of drug-likeness (QED) is 0.502. The molecule has 9 heteroatoms. The average Bonchev–Trinajstić information content (AvgIpc) is 2.67. The zero-order chi connectivity index (χ0) is 23.0. The molecule has 0 spiro atoms. The summed E-state index contributed by atoms with van der Waals surface area (Å²) in [4.78, 5) is 0. The fourth-order valence-electron chi connectivity index (χ4n) is 3.38. The third kappa shape index (κ3) is 4.84. The molecule has 0 amide bonds. The van der Waals surface area contributed by atoms with E-state index in [1.54, 1.807) is 0 Å². The van der Waals surface area contributed by atoms with Gasteiger partial charge in [0.05, 0.1) is 18.0 Å². The van der Waals surface area contributed by atoms with Crippen LogP contribution in [0.4, 0.5) is 14.5 Å². The lowest BCUT2D eigenvalue weighted by atomic mass is 9.97. The van der Waals surface area contributed by atoms with Gasteiger partial charge in [0, 0.05) is 5.56 Å².